The Kier molecular flexibility index (Phi) is 4.54. The predicted octanol–water partition coefficient (Wildman–Crippen LogP) is 6.04. The summed E-state index contributed by atoms with van der Waals surface area (Å²) in [6.45, 7) is 6.30. The molecule has 0 saturated carbocycles. The highest BCUT2D eigenvalue weighted by atomic mass is 32.1. The van der Waals surface area contributed by atoms with Crippen molar-refractivity contribution >= 4 is 33.1 Å². The molecule has 2 heterocycles. The number of nitrogens with one attached hydrogen (secondary N) is 1. The van der Waals surface area contributed by atoms with Gasteiger partial charge in [-0.1, -0.05) is 35.9 Å². The van der Waals surface area contributed by atoms with E-state index in [1.807, 2.05) is 12.1 Å². The van der Waals surface area contributed by atoms with Gasteiger partial charge in [0.15, 0.2) is 0 Å². The van der Waals surface area contributed by atoms with Crippen LogP contribution in [0.4, 0.5) is 11.5 Å². The molecule has 0 radical (unpaired) electrons. The Labute approximate surface area is 162 Å². The van der Waals surface area contributed by atoms with Crippen molar-refractivity contribution in [3.8, 4) is 16.9 Å². The van der Waals surface area contributed by atoms with E-state index in [9.17, 15) is 0 Å². The van der Waals surface area contributed by atoms with Gasteiger partial charge in [-0.15, -0.1) is 11.3 Å². The van der Waals surface area contributed by atoms with Crippen LogP contribution in [0.5, 0.6) is 5.75 Å². The van der Waals surface area contributed by atoms with Crippen molar-refractivity contribution in [2.45, 2.75) is 20.8 Å². The van der Waals surface area contributed by atoms with Crippen molar-refractivity contribution in [2.75, 3.05) is 12.4 Å². The summed E-state index contributed by atoms with van der Waals surface area (Å²) in [5.41, 5.74) is 5.67. The molecule has 5 heteroatoms. The van der Waals surface area contributed by atoms with Crippen molar-refractivity contribution in [3.05, 3.63) is 64.8 Å². The first-order valence-corrected chi connectivity index (χ1v) is 9.61. The molecule has 0 unspecified atom stereocenters. The topological polar surface area (TPSA) is 47.0 Å². The maximum absolute atomic E-state index is 5.51. The second-order valence-corrected chi connectivity index (χ2v) is 7.83. The number of fused-ring (bicyclic) bond motifs is 1. The van der Waals surface area contributed by atoms with Crippen molar-refractivity contribution in [3.63, 3.8) is 0 Å². The van der Waals surface area contributed by atoms with E-state index >= 15 is 0 Å². The molecule has 27 heavy (non-hydrogen) atoms. The number of hydrogen-bond acceptors (Lipinski definition) is 5. The second kappa shape index (κ2) is 7.00. The monoisotopic (exact) mass is 375 g/mol. The Hall–Kier alpha value is -2.92. The number of methoxy groups -OCH3 is 1. The van der Waals surface area contributed by atoms with Gasteiger partial charge < -0.3 is 10.1 Å². The van der Waals surface area contributed by atoms with E-state index in [0.29, 0.717) is 0 Å². The lowest BCUT2D eigenvalue weighted by molar-refractivity contribution is 0.416. The number of anilines is 2. The SMILES string of the molecule is COc1ccc(C)cc1Nc1ncnc2sc(C)c(-c3ccc(C)cc3)c12. The third-order valence-corrected chi connectivity index (χ3v) is 5.63. The van der Waals surface area contributed by atoms with Crippen LogP contribution in [-0.2, 0) is 0 Å². The summed E-state index contributed by atoms with van der Waals surface area (Å²) in [6, 6.07) is 14.7. The Morgan fingerprint density at radius 2 is 1.67 bits per heavy atom. The lowest BCUT2D eigenvalue weighted by Gasteiger charge is -2.13. The normalized spacial score (nSPS) is 11.0. The molecule has 0 aliphatic carbocycles. The number of thiophene rings is 1. The van der Waals surface area contributed by atoms with Crippen LogP contribution >= 0.6 is 11.3 Å². The van der Waals surface area contributed by atoms with E-state index < -0.39 is 0 Å². The third-order valence-electron chi connectivity index (χ3n) is 4.61. The second-order valence-electron chi connectivity index (χ2n) is 6.63. The summed E-state index contributed by atoms with van der Waals surface area (Å²) in [5, 5.41) is 4.52. The molecule has 136 valence electrons. The number of hydrogen-bond donors (Lipinski definition) is 1. The van der Waals surface area contributed by atoms with Gasteiger partial charge in [0.1, 0.15) is 22.7 Å². The van der Waals surface area contributed by atoms with E-state index in [-0.39, 0.29) is 0 Å². The zero-order valence-corrected chi connectivity index (χ0v) is 16.6. The van der Waals surface area contributed by atoms with Gasteiger partial charge in [-0.3, -0.25) is 0 Å². The van der Waals surface area contributed by atoms with Crippen LogP contribution in [0.2, 0.25) is 0 Å². The lowest BCUT2D eigenvalue weighted by Crippen LogP contribution is -1.98. The smallest absolute Gasteiger partial charge is 0.143 e. The van der Waals surface area contributed by atoms with Crippen LogP contribution in [0.3, 0.4) is 0 Å². The molecule has 0 saturated heterocycles. The fourth-order valence-corrected chi connectivity index (χ4v) is 4.27. The molecule has 0 bridgehead atoms. The first-order valence-electron chi connectivity index (χ1n) is 8.79. The van der Waals surface area contributed by atoms with Crippen molar-refractivity contribution in [1.82, 2.24) is 9.97 Å². The Morgan fingerprint density at radius 1 is 0.926 bits per heavy atom. The number of rotatable bonds is 4. The van der Waals surface area contributed by atoms with Crippen LogP contribution in [0.1, 0.15) is 16.0 Å². The summed E-state index contributed by atoms with van der Waals surface area (Å²) in [7, 11) is 1.68. The highest BCUT2D eigenvalue weighted by Gasteiger charge is 2.17. The van der Waals surface area contributed by atoms with E-state index in [0.717, 1.165) is 33.0 Å². The van der Waals surface area contributed by atoms with Gasteiger partial charge >= 0.3 is 0 Å². The molecule has 0 amide bonds. The van der Waals surface area contributed by atoms with Gasteiger partial charge in [0, 0.05) is 10.4 Å². The van der Waals surface area contributed by atoms with Gasteiger partial charge in [-0.2, -0.15) is 0 Å². The molecule has 0 fully saturated rings. The number of aromatic nitrogens is 2. The number of aryl methyl sites for hydroxylation is 3. The summed E-state index contributed by atoms with van der Waals surface area (Å²) in [4.78, 5) is 11.3. The quantitative estimate of drug-likeness (QED) is 0.473. The van der Waals surface area contributed by atoms with Gasteiger partial charge in [-0.05, 0) is 44.0 Å². The number of ether oxygens (including phenoxy) is 1. The molecule has 4 aromatic rings. The standard InChI is InChI=1S/C22H21N3OS/c1-13-5-8-16(9-6-13)19-15(3)27-22-20(19)21(23-12-24-22)25-17-11-14(2)7-10-18(17)26-4/h5-12H,1-4H3,(H,23,24,25). The molecule has 0 aliphatic rings. The number of benzene rings is 2. The molecule has 0 aliphatic heterocycles. The zero-order chi connectivity index (χ0) is 19.0. The first-order chi connectivity index (χ1) is 13.1. The maximum Gasteiger partial charge on any atom is 0.143 e. The highest BCUT2D eigenvalue weighted by molar-refractivity contribution is 7.19. The summed E-state index contributed by atoms with van der Waals surface area (Å²) >= 11 is 1.69. The Morgan fingerprint density at radius 3 is 2.41 bits per heavy atom. The van der Waals surface area contributed by atoms with Crippen LogP contribution < -0.4 is 10.1 Å². The Balaban J connectivity index is 1.90. The summed E-state index contributed by atoms with van der Waals surface area (Å²) < 4.78 is 5.51. The first kappa shape index (κ1) is 17.5. The fraction of sp³-hybridized carbons (Fsp3) is 0.182. The minimum atomic E-state index is 0.788. The van der Waals surface area contributed by atoms with Gasteiger partial charge in [0.2, 0.25) is 0 Å². The van der Waals surface area contributed by atoms with Crippen molar-refractivity contribution in [1.29, 1.82) is 0 Å². The third kappa shape index (κ3) is 3.26. The number of nitrogens with zero attached hydrogens (tertiary/aromatic N) is 2. The average Bonchev–Trinajstić information content (AvgIpc) is 2.99. The minimum Gasteiger partial charge on any atom is -0.495 e. The minimum absolute atomic E-state index is 0.788. The molecule has 4 nitrogen and oxygen atoms in total. The molecular formula is C22H21N3OS. The summed E-state index contributed by atoms with van der Waals surface area (Å²) in [5.74, 6) is 1.58. The summed E-state index contributed by atoms with van der Waals surface area (Å²) in [6.07, 6.45) is 1.61. The van der Waals surface area contributed by atoms with Gasteiger partial charge in [0.25, 0.3) is 0 Å². The van der Waals surface area contributed by atoms with E-state index in [4.69, 9.17) is 4.74 Å². The molecule has 2 aromatic carbocycles. The van der Waals surface area contributed by atoms with E-state index in [1.165, 1.54) is 21.6 Å². The molecule has 0 spiro atoms. The van der Waals surface area contributed by atoms with Crippen molar-refractivity contribution in [2.24, 2.45) is 0 Å². The van der Waals surface area contributed by atoms with Crippen LogP contribution in [0.25, 0.3) is 21.3 Å². The van der Waals surface area contributed by atoms with E-state index in [1.54, 1.807) is 24.8 Å². The largest absolute Gasteiger partial charge is 0.495 e. The molecule has 1 N–H and O–H groups in total. The average molecular weight is 375 g/mol. The van der Waals surface area contributed by atoms with Crippen LogP contribution in [0, 0.1) is 20.8 Å². The van der Waals surface area contributed by atoms with Crippen LogP contribution in [-0.4, -0.2) is 17.1 Å². The van der Waals surface area contributed by atoms with E-state index in [2.05, 4.69) is 66.4 Å². The predicted molar refractivity (Wildman–Crippen MR) is 113 cm³/mol. The lowest BCUT2D eigenvalue weighted by atomic mass is 10.0. The van der Waals surface area contributed by atoms with Crippen LogP contribution in [0.15, 0.2) is 48.8 Å². The zero-order valence-electron chi connectivity index (χ0n) is 15.8. The fourth-order valence-electron chi connectivity index (χ4n) is 3.25. The molecule has 2 aromatic heterocycles. The highest BCUT2D eigenvalue weighted by Crippen LogP contribution is 2.41. The molecule has 4 rings (SSSR count). The molecular weight excluding hydrogens is 354 g/mol. The Bertz CT molecular complexity index is 1120. The molecule has 0 atom stereocenters. The van der Waals surface area contributed by atoms with Crippen molar-refractivity contribution < 1.29 is 4.74 Å². The van der Waals surface area contributed by atoms with Gasteiger partial charge in [0.05, 0.1) is 18.2 Å². The maximum atomic E-state index is 5.51. The van der Waals surface area contributed by atoms with Gasteiger partial charge in [-0.25, -0.2) is 9.97 Å².